The Morgan fingerprint density at radius 2 is 1.94 bits per heavy atom. The minimum atomic E-state index is -3.75. The molecule has 11 heteroatoms. The fraction of sp³-hybridized carbons (Fsp3) is 0.125. The minimum absolute atomic E-state index is 0.0109. The van der Waals surface area contributed by atoms with Crippen LogP contribution in [-0.4, -0.2) is 40.0 Å². The highest BCUT2D eigenvalue weighted by Crippen LogP contribution is 2.41. The normalized spacial score (nSPS) is 14.7. The molecule has 8 nitrogen and oxygen atoms in total. The van der Waals surface area contributed by atoms with Gasteiger partial charge in [-0.05, 0) is 36.4 Å². The van der Waals surface area contributed by atoms with Gasteiger partial charge in [0.05, 0.1) is 22.6 Å². The number of ether oxygens (including phenoxy) is 2. The number of aliphatic imine (C=N–C) groups is 2. The highest BCUT2D eigenvalue weighted by Gasteiger charge is 2.43. The predicted molar refractivity (Wildman–Crippen MR) is 123 cm³/mol. The first-order valence-electron chi connectivity index (χ1n) is 10.4. The SMILES string of the molecule is CN=CCC(=Nc1ccnc2ccc(F)cc12)c1nn(-c2ccc3c(c2)OC(F)(F)O3)ccc1=O. The van der Waals surface area contributed by atoms with Crippen LogP contribution in [0.3, 0.4) is 0 Å². The standard InChI is InChI=1S/C24H16F3N5O3/c1-28-9-6-19(30-18-7-10-29-17-4-2-14(25)12-16(17)18)23-20(33)8-11-32(31-23)15-3-5-21-22(13-15)35-24(26,27)34-21/h2-5,7-13H,6H2,1H3. The monoisotopic (exact) mass is 479 g/mol. The highest BCUT2D eigenvalue weighted by atomic mass is 19.3. The molecule has 2 aromatic carbocycles. The number of alkyl halides is 2. The quantitative estimate of drug-likeness (QED) is 0.395. The van der Waals surface area contributed by atoms with Gasteiger partial charge in [-0.15, -0.1) is 8.78 Å². The lowest BCUT2D eigenvalue weighted by molar-refractivity contribution is -0.286. The largest absolute Gasteiger partial charge is 0.586 e. The van der Waals surface area contributed by atoms with Gasteiger partial charge < -0.3 is 14.5 Å². The van der Waals surface area contributed by atoms with E-state index in [0.717, 1.165) is 0 Å². The first kappa shape index (κ1) is 22.3. The molecule has 0 saturated carbocycles. The Morgan fingerprint density at radius 1 is 1.11 bits per heavy atom. The van der Waals surface area contributed by atoms with Gasteiger partial charge in [-0.1, -0.05) is 0 Å². The maximum Gasteiger partial charge on any atom is 0.586 e. The molecule has 0 amide bonds. The number of fused-ring (bicyclic) bond motifs is 2. The summed E-state index contributed by atoms with van der Waals surface area (Å²) in [6.45, 7) is 0. The molecule has 0 N–H and O–H groups in total. The van der Waals surface area contributed by atoms with Gasteiger partial charge >= 0.3 is 6.29 Å². The molecule has 1 aliphatic rings. The molecule has 0 unspecified atom stereocenters. The Balaban J connectivity index is 1.61. The zero-order valence-corrected chi connectivity index (χ0v) is 18.2. The summed E-state index contributed by atoms with van der Waals surface area (Å²) in [6.07, 6.45) is 0.891. The van der Waals surface area contributed by atoms with Crippen molar-refractivity contribution in [1.82, 2.24) is 14.8 Å². The van der Waals surface area contributed by atoms with Crippen molar-refractivity contribution >= 4 is 28.5 Å². The van der Waals surface area contributed by atoms with Crippen LogP contribution in [0.1, 0.15) is 12.1 Å². The molecule has 0 bridgehead atoms. The van der Waals surface area contributed by atoms with Crippen LogP contribution in [0.15, 0.2) is 75.7 Å². The number of aromatic nitrogens is 3. The Labute approximate surface area is 196 Å². The van der Waals surface area contributed by atoms with Gasteiger partial charge in [-0.25, -0.2) is 14.1 Å². The Bertz CT molecular complexity index is 1570. The molecule has 176 valence electrons. The molecule has 0 aliphatic carbocycles. The van der Waals surface area contributed by atoms with E-state index < -0.39 is 17.5 Å². The van der Waals surface area contributed by atoms with Crippen LogP contribution >= 0.6 is 0 Å². The zero-order valence-electron chi connectivity index (χ0n) is 18.2. The molecule has 5 rings (SSSR count). The number of rotatable bonds is 5. The van der Waals surface area contributed by atoms with Crippen molar-refractivity contribution in [1.29, 1.82) is 0 Å². The predicted octanol–water partition coefficient (Wildman–Crippen LogP) is 4.45. The molecule has 2 aromatic heterocycles. The number of hydrogen-bond donors (Lipinski definition) is 0. The average molecular weight is 479 g/mol. The second kappa shape index (κ2) is 8.67. The van der Waals surface area contributed by atoms with E-state index >= 15 is 0 Å². The molecule has 1 aliphatic heterocycles. The van der Waals surface area contributed by atoms with Crippen molar-refractivity contribution < 1.29 is 22.6 Å². The summed E-state index contributed by atoms with van der Waals surface area (Å²) in [4.78, 5) is 25.6. The van der Waals surface area contributed by atoms with Crippen LogP contribution in [0.25, 0.3) is 16.6 Å². The zero-order chi connectivity index (χ0) is 24.6. The smallest absolute Gasteiger partial charge is 0.395 e. The summed E-state index contributed by atoms with van der Waals surface area (Å²) in [5.74, 6) is -0.725. The summed E-state index contributed by atoms with van der Waals surface area (Å²) in [6, 6.07) is 11.2. The lowest BCUT2D eigenvalue weighted by Crippen LogP contribution is -2.25. The lowest BCUT2D eigenvalue weighted by Gasteiger charge is -2.10. The van der Waals surface area contributed by atoms with E-state index in [1.54, 1.807) is 19.3 Å². The van der Waals surface area contributed by atoms with Gasteiger partial charge in [-0.2, -0.15) is 5.10 Å². The molecule has 0 saturated heterocycles. The molecule has 0 atom stereocenters. The number of nitrogens with zero attached hydrogens (tertiary/aromatic N) is 5. The highest BCUT2D eigenvalue weighted by molar-refractivity contribution is 6.08. The molecular formula is C24H16F3N5O3. The second-order valence-electron chi connectivity index (χ2n) is 7.47. The van der Waals surface area contributed by atoms with E-state index in [1.807, 2.05) is 0 Å². The van der Waals surface area contributed by atoms with Crippen LogP contribution in [0.4, 0.5) is 18.9 Å². The maximum atomic E-state index is 13.9. The summed E-state index contributed by atoms with van der Waals surface area (Å²) >= 11 is 0. The summed E-state index contributed by atoms with van der Waals surface area (Å²) in [7, 11) is 1.58. The van der Waals surface area contributed by atoms with Crippen molar-refractivity contribution in [2.24, 2.45) is 9.98 Å². The maximum absolute atomic E-state index is 13.9. The number of halogens is 3. The lowest BCUT2D eigenvalue weighted by atomic mass is 10.1. The molecule has 0 spiro atoms. The fourth-order valence-corrected chi connectivity index (χ4v) is 3.55. The van der Waals surface area contributed by atoms with Crippen molar-refractivity contribution in [2.45, 2.75) is 12.7 Å². The molecule has 4 aromatic rings. The van der Waals surface area contributed by atoms with Crippen LogP contribution in [0, 0.1) is 5.82 Å². The summed E-state index contributed by atoms with van der Waals surface area (Å²) < 4.78 is 50.9. The fourth-order valence-electron chi connectivity index (χ4n) is 3.55. The van der Waals surface area contributed by atoms with Crippen molar-refractivity contribution in [2.75, 3.05) is 7.05 Å². The first-order valence-corrected chi connectivity index (χ1v) is 10.4. The molecule has 35 heavy (non-hydrogen) atoms. The van der Waals surface area contributed by atoms with E-state index in [9.17, 15) is 18.0 Å². The minimum Gasteiger partial charge on any atom is -0.395 e. The van der Waals surface area contributed by atoms with Gasteiger partial charge in [0.2, 0.25) is 5.43 Å². The van der Waals surface area contributed by atoms with E-state index in [0.29, 0.717) is 22.3 Å². The number of benzene rings is 2. The van der Waals surface area contributed by atoms with Crippen molar-refractivity contribution in [3.05, 3.63) is 82.7 Å². The third-order valence-corrected chi connectivity index (χ3v) is 5.13. The van der Waals surface area contributed by atoms with Gasteiger partial charge in [0.25, 0.3) is 0 Å². The Kier molecular flexibility index (Phi) is 5.51. The topological polar surface area (TPSA) is 91.0 Å². The van der Waals surface area contributed by atoms with Gasteiger partial charge in [-0.3, -0.25) is 9.78 Å². The van der Waals surface area contributed by atoms with E-state index in [-0.39, 0.29) is 29.3 Å². The van der Waals surface area contributed by atoms with Crippen LogP contribution in [0.5, 0.6) is 11.5 Å². The van der Waals surface area contributed by atoms with E-state index in [1.165, 1.54) is 59.5 Å². The van der Waals surface area contributed by atoms with Crippen LogP contribution < -0.4 is 14.9 Å². The second-order valence-corrected chi connectivity index (χ2v) is 7.47. The third kappa shape index (κ3) is 4.47. The summed E-state index contributed by atoms with van der Waals surface area (Å²) in [5, 5.41) is 4.85. The molecular weight excluding hydrogens is 463 g/mol. The average Bonchev–Trinajstić information content (AvgIpc) is 3.15. The summed E-state index contributed by atoms with van der Waals surface area (Å²) in [5.41, 5.74) is 1.16. The van der Waals surface area contributed by atoms with E-state index in [2.05, 4.69) is 29.5 Å². The van der Waals surface area contributed by atoms with Crippen molar-refractivity contribution in [3.63, 3.8) is 0 Å². The molecule has 0 fully saturated rings. The van der Waals surface area contributed by atoms with Gasteiger partial charge in [0.15, 0.2) is 17.2 Å². The number of hydrogen-bond acceptors (Lipinski definition) is 7. The Morgan fingerprint density at radius 3 is 2.77 bits per heavy atom. The molecule has 3 heterocycles. The Hall–Kier alpha value is -4.54. The van der Waals surface area contributed by atoms with Crippen LogP contribution in [0.2, 0.25) is 0 Å². The van der Waals surface area contributed by atoms with Crippen LogP contribution in [-0.2, 0) is 0 Å². The first-order chi connectivity index (χ1) is 16.8. The van der Waals surface area contributed by atoms with Gasteiger partial charge in [0.1, 0.15) is 5.82 Å². The van der Waals surface area contributed by atoms with E-state index in [4.69, 9.17) is 0 Å². The number of pyridine rings is 1. The van der Waals surface area contributed by atoms with Crippen molar-refractivity contribution in [3.8, 4) is 17.2 Å². The third-order valence-electron chi connectivity index (χ3n) is 5.13. The van der Waals surface area contributed by atoms with Gasteiger partial charge in [0, 0.05) is 49.6 Å². The molecule has 0 radical (unpaired) electrons.